The van der Waals surface area contributed by atoms with Gasteiger partial charge in [-0.2, -0.15) is 0 Å². The van der Waals surface area contributed by atoms with E-state index in [-0.39, 0.29) is 5.97 Å². The van der Waals surface area contributed by atoms with Gasteiger partial charge in [0.05, 0.1) is 12.8 Å². The fraction of sp³-hybridized carbons (Fsp3) is 0.500. The minimum absolute atomic E-state index is 0.182. The van der Waals surface area contributed by atoms with Crippen LogP contribution in [-0.4, -0.2) is 24.3 Å². The molecule has 0 N–H and O–H groups in total. The van der Waals surface area contributed by atoms with Crippen LogP contribution in [0.1, 0.15) is 37.7 Å². The zero-order valence-electron chi connectivity index (χ0n) is 11.3. The molecule has 1 aromatic rings. The molecule has 3 heteroatoms. The van der Waals surface area contributed by atoms with Gasteiger partial charge in [0.2, 0.25) is 5.54 Å². The Balaban J connectivity index is 1.88. The van der Waals surface area contributed by atoms with E-state index >= 15 is 0 Å². The zero-order chi connectivity index (χ0) is 13.3. The number of hydrogen-bond acceptors (Lipinski definition) is 3. The Morgan fingerprint density at radius 1 is 1.21 bits per heavy atom. The summed E-state index contributed by atoms with van der Waals surface area (Å²) in [6.45, 7) is 0. The molecule has 1 fully saturated rings. The van der Waals surface area contributed by atoms with E-state index in [4.69, 9.17) is 4.74 Å². The van der Waals surface area contributed by atoms with Crippen LogP contribution in [0, 0.1) is 5.92 Å². The maximum absolute atomic E-state index is 12.2. The number of carbonyl (C=O) groups is 1. The summed E-state index contributed by atoms with van der Waals surface area (Å²) in [5.41, 5.74) is 1.31. The molecule has 3 nitrogen and oxygen atoms in total. The largest absolute Gasteiger partial charge is 0.467 e. The van der Waals surface area contributed by atoms with Crippen molar-refractivity contribution in [3.8, 4) is 0 Å². The van der Waals surface area contributed by atoms with Gasteiger partial charge < -0.3 is 4.74 Å². The number of ether oxygens (including phenoxy) is 1. The number of hydrogen-bond donors (Lipinski definition) is 0. The second kappa shape index (κ2) is 4.80. The molecular weight excluding hydrogens is 238 g/mol. The van der Waals surface area contributed by atoms with Crippen molar-refractivity contribution in [1.82, 2.24) is 0 Å². The Morgan fingerprint density at radius 2 is 1.89 bits per heavy atom. The van der Waals surface area contributed by atoms with Gasteiger partial charge in [-0.3, -0.25) is 4.99 Å². The van der Waals surface area contributed by atoms with E-state index in [1.165, 1.54) is 26.4 Å². The molecule has 1 saturated carbocycles. The first kappa shape index (κ1) is 12.4. The lowest BCUT2D eigenvalue weighted by Gasteiger charge is -2.27. The first-order valence-corrected chi connectivity index (χ1v) is 7.03. The Bertz CT molecular complexity index is 503. The monoisotopic (exact) mass is 257 g/mol. The standard InChI is InChI=1S/C16H19NO2/c1-19-15(18)16(13-10-6-3-7-11-13)14(17-16)12-8-4-2-5-9-12/h2,4-5,8-9,13H,3,6-7,10-11H2,1H3. The van der Waals surface area contributed by atoms with Crippen LogP contribution in [-0.2, 0) is 9.53 Å². The predicted molar refractivity (Wildman–Crippen MR) is 74.3 cm³/mol. The van der Waals surface area contributed by atoms with E-state index in [0.717, 1.165) is 24.1 Å². The second-order valence-corrected chi connectivity index (χ2v) is 5.42. The maximum atomic E-state index is 12.2. The highest BCUT2D eigenvalue weighted by molar-refractivity contribution is 6.29. The fourth-order valence-electron chi connectivity index (χ4n) is 3.30. The third-order valence-electron chi connectivity index (χ3n) is 4.34. The first-order valence-electron chi connectivity index (χ1n) is 7.03. The number of carbonyl (C=O) groups excluding carboxylic acids is 1. The number of rotatable bonds is 3. The van der Waals surface area contributed by atoms with E-state index < -0.39 is 5.54 Å². The quantitative estimate of drug-likeness (QED) is 0.781. The van der Waals surface area contributed by atoms with E-state index in [9.17, 15) is 4.79 Å². The maximum Gasteiger partial charge on any atom is 0.340 e. The van der Waals surface area contributed by atoms with Gasteiger partial charge in [0.1, 0.15) is 0 Å². The number of methoxy groups -OCH3 is 1. The van der Waals surface area contributed by atoms with Crippen LogP contribution in [0.25, 0.3) is 0 Å². The van der Waals surface area contributed by atoms with Gasteiger partial charge >= 0.3 is 5.97 Å². The third kappa shape index (κ3) is 1.97. The summed E-state index contributed by atoms with van der Waals surface area (Å²) >= 11 is 0. The number of esters is 1. The normalized spacial score (nSPS) is 26.7. The molecule has 0 radical (unpaired) electrons. The number of aliphatic imine (C=N–C) groups is 1. The Morgan fingerprint density at radius 3 is 2.53 bits per heavy atom. The fourth-order valence-corrected chi connectivity index (χ4v) is 3.30. The first-order chi connectivity index (χ1) is 9.29. The summed E-state index contributed by atoms with van der Waals surface area (Å²) in [5.74, 6) is 0.141. The van der Waals surface area contributed by atoms with Crippen LogP contribution >= 0.6 is 0 Å². The highest BCUT2D eigenvalue weighted by atomic mass is 16.5. The summed E-state index contributed by atoms with van der Waals surface area (Å²) in [4.78, 5) is 16.8. The lowest BCUT2D eigenvalue weighted by atomic mass is 9.76. The SMILES string of the molecule is COC(=O)C1(C2CCCCC2)N=C1c1ccccc1. The molecule has 0 aromatic heterocycles. The van der Waals surface area contributed by atoms with Crippen molar-refractivity contribution in [2.45, 2.75) is 37.6 Å². The molecule has 1 aliphatic heterocycles. The summed E-state index contributed by atoms with van der Waals surface area (Å²) in [6.07, 6.45) is 5.82. The minimum atomic E-state index is -0.670. The van der Waals surface area contributed by atoms with Crippen molar-refractivity contribution in [2.75, 3.05) is 7.11 Å². The van der Waals surface area contributed by atoms with Crippen LogP contribution in [0.2, 0.25) is 0 Å². The molecule has 1 unspecified atom stereocenters. The van der Waals surface area contributed by atoms with Crippen molar-refractivity contribution in [2.24, 2.45) is 10.9 Å². The van der Waals surface area contributed by atoms with Crippen LogP contribution in [0.4, 0.5) is 0 Å². The molecule has 0 amide bonds. The molecule has 1 aliphatic carbocycles. The van der Waals surface area contributed by atoms with Crippen molar-refractivity contribution in [3.05, 3.63) is 35.9 Å². The predicted octanol–water partition coefficient (Wildman–Crippen LogP) is 2.98. The average molecular weight is 257 g/mol. The third-order valence-corrected chi connectivity index (χ3v) is 4.34. The highest BCUT2D eigenvalue weighted by Gasteiger charge is 2.60. The van der Waals surface area contributed by atoms with Gasteiger partial charge in [0, 0.05) is 5.92 Å². The molecule has 1 atom stereocenters. The summed E-state index contributed by atoms with van der Waals surface area (Å²) in [6, 6.07) is 9.99. The molecule has 3 rings (SSSR count). The highest BCUT2D eigenvalue weighted by Crippen LogP contribution is 2.46. The molecule has 0 spiro atoms. The van der Waals surface area contributed by atoms with Gasteiger partial charge in [0.25, 0.3) is 0 Å². The van der Waals surface area contributed by atoms with E-state index in [2.05, 4.69) is 4.99 Å². The van der Waals surface area contributed by atoms with Crippen LogP contribution in [0.15, 0.2) is 35.3 Å². The van der Waals surface area contributed by atoms with Gasteiger partial charge in [-0.1, -0.05) is 49.6 Å². The Labute approximate surface area is 113 Å². The summed E-state index contributed by atoms with van der Waals surface area (Å²) < 4.78 is 5.03. The topological polar surface area (TPSA) is 38.7 Å². The Hall–Kier alpha value is -1.64. The number of nitrogens with zero attached hydrogens (tertiary/aromatic N) is 1. The molecule has 19 heavy (non-hydrogen) atoms. The molecule has 0 bridgehead atoms. The average Bonchev–Trinajstić information content (AvgIpc) is 3.25. The number of benzene rings is 1. The summed E-state index contributed by atoms with van der Waals surface area (Å²) in [5, 5.41) is 0. The summed E-state index contributed by atoms with van der Waals surface area (Å²) in [7, 11) is 1.46. The lowest BCUT2D eigenvalue weighted by Crippen LogP contribution is -2.40. The van der Waals surface area contributed by atoms with Crippen LogP contribution in [0.3, 0.4) is 0 Å². The van der Waals surface area contributed by atoms with Crippen molar-refractivity contribution in [1.29, 1.82) is 0 Å². The smallest absolute Gasteiger partial charge is 0.340 e. The van der Waals surface area contributed by atoms with E-state index in [0.29, 0.717) is 5.92 Å². The van der Waals surface area contributed by atoms with E-state index in [1.54, 1.807) is 0 Å². The molecule has 100 valence electrons. The van der Waals surface area contributed by atoms with Crippen molar-refractivity contribution in [3.63, 3.8) is 0 Å². The van der Waals surface area contributed by atoms with E-state index in [1.807, 2.05) is 30.3 Å². The Kier molecular flexibility index (Phi) is 3.13. The molecular formula is C16H19NO2. The van der Waals surface area contributed by atoms with Crippen LogP contribution < -0.4 is 0 Å². The molecule has 1 aromatic carbocycles. The lowest BCUT2D eigenvalue weighted by molar-refractivity contribution is -0.144. The van der Waals surface area contributed by atoms with Crippen molar-refractivity contribution < 1.29 is 9.53 Å². The van der Waals surface area contributed by atoms with Crippen LogP contribution in [0.5, 0.6) is 0 Å². The second-order valence-electron chi connectivity index (χ2n) is 5.42. The molecule has 2 aliphatic rings. The zero-order valence-corrected chi connectivity index (χ0v) is 11.3. The molecule has 0 saturated heterocycles. The minimum Gasteiger partial charge on any atom is -0.467 e. The van der Waals surface area contributed by atoms with Gasteiger partial charge in [0.15, 0.2) is 0 Å². The van der Waals surface area contributed by atoms with Gasteiger partial charge in [-0.25, -0.2) is 4.79 Å². The van der Waals surface area contributed by atoms with Gasteiger partial charge in [-0.15, -0.1) is 0 Å². The van der Waals surface area contributed by atoms with Crippen molar-refractivity contribution >= 4 is 11.7 Å². The van der Waals surface area contributed by atoms with Gasteiger partial charge in [-0.05, 0) is 18.4 Å². The molecule has 1 heterocycles.